The highest BCUT2D eigenvalue weighted by atomic mass is 32.2. The van der Waals surface area contributed by atoms with Crippen molar-refractivity contribution >= 4 is 34.4 Å². The minimum atomic E-state index is 0.0330. The van der Waals surface area contributed by atoms with Gasteiger partial charge < -0.3 is 9.80 Å². The second kappa shape index (κ2) is 7.64. The zero-order valence-electron chi connectivity index (χ0n) is 13.7. The number of anilines is 1. The lowest BCUT2D eigenvalue weighted by atomic mass is 10.1. The number of carbonyl (C=O) groups is 3. The highest BCUT2D eigenvalue weighted by Gasteiger charge is 2.30. The van der Waals surface area contributed by atoms with Crippen LogP contribution in [0.25, 0.3) is 0 Å². The predicted octanol–water partition coefficient (Wildman–Crippen LogP) is 1.95. The summed E-state index contributed by atoms with van der Waals surface area (Å²) in [5.41, 5.74) is 1.73. The van der Waals surface area contributed by atoms with Crippen LogP contribution in [0.3, 0.4) is 0 Å². The fourth-order valence-corrected chi connectivity index (χ4v) is 3.24. The molecule has 0 bridgehead atoms. The average Bonchev–Trinajstić information content (AvgIpc) is 2.86. The van der Waals surface area contributed by atoms with Gasteiger partial charge in [0.15, 0.2) is 5.12 Å². The summed E-state index contributed by atoms with van der Waals surface area (Å²) >= 11 is 1.27. The molecule has 23 heavy (non-hydrogen) atoms. The summed E-state index contributed by atoms with van der Waals surface area (Å²) in [4.78, 5) is 38.4. The van der Waals surface area contributed by atoms with Gasteiger partial charge in [0.05, 0.1) is 6.42 Å². The molecule has 1 aliphatic rings. The van der Waals surface area contributed by atoms with Crippen molar-refractivity contribution < 1.29 is 14.4 Å². The maximum Gasteiger partial charge on any atom is 0.227 e. The molecule has 1 atom stereocenters. The molecule has 2 amide bonds. The van der Waals surface area contributed by atoms with E-state index in [1.54, 1.807) is 30.8 Å². The van der Waals surface area contributed by atoms with Crippen LogP contribution < -0.4 is 4.90 Å². The Morgan fingerprint density at radius 1 is 1.35 bits per heavy atom. The molecule has 1 unspecified atom stereocenters. The standard InChI is InChI=1S/C17H22N2O3S/c1-12(20)23-11-14-9-17(22)19(10-14)15-6-4-5-13(7-15)8-16(21)18(2)3/h4-7,14H,8-11H2,1-3H3. The van der Waals surface area contributed by atoms with Gasteiger partial charge in [-0.05, 0) is 23.6 Å². The summed E-state index contributed by atoms with van der Waals surface area (Å²) in [6.45, 7) is 2.18. The zero-order valence-corrected chi connectivity index (χ0v) is 14.6. The molecule has 1 aromatic carbocycles. The van der Waals surface area contributed by atoms with Gasteiger partial charge in [-0.3, -0.25) is 14.4 Å². The number of carbonyl (C=O) groups excluding carboxylic acids is 3. The number of hydrogen-bond acceptors (Lipinski definition) is 4. The lowest BCUT2D eigenvalue weighted by Gasteiger charge is -2.18. The van der Waals surface area contributed by atoms with Crippen molar-refractivity contribution in [1.82, 2.24) is 4.90 Å². The monoisotopic (exact) mass is 334 g/mol. The number of likely N-dealkylation sites (N-methyl/N-ethyl adjacent to an activating group) is 1. The highest BCUT2D eigenvalue weighted by Crippen LogP contribution is 2.28. The van der Waals surface area contributed by atoms with E-state index in [1.165, 1.54) is 11.8 Å². The molecule has 0 radical (unpaired) electrons. The van der Waals surface area contributed by atoms with Gasteiger partial charge in [-0.15, -0.1) is 0 Å². The van der Waals surface area contributed by atoms with Crippen molar-refractivity contribution in [2.24, 2.45) is 5.92 Å². The van der Waals surface area contributed by atoms with E-state index in [4.69, 9.17) is 0 Å². The Kier molecular flexibility index (Phi) is 5.82. The normalized spacial score (nSPS) is 17.4. The first-order valence-electron chi connectivity index (χ1n) is 7.59. The quantitative estimate of drug-likeness (QED) is 0.826. The second-order valence-corrected chi connectivity index (χ2v) is 7.21. The number of rotatable bonds is 5. The average molecular weight is 334 g/mol. The van der Waals surface area contributed by atoms with Gasteiger partial charge in [-0.25, -0.2) is 0 Å². The Labute approximate surface area is 141 Å². The van der Waals surface area contributed by atoms with Crippen LogP contribution in [0.2, 0.25) is 0 Å². The second-order valence-electron chi connectivity index (χ2n) is 6.01. The molecule has 6 heteroatoms. The molecule has 1 aromatic rings. The van der Waals surface area contributed by atoms with Crippen molar-refractivity contribution in [1.29, 1.82) is 0 Å². The Morgan fingerprint density at radius 2 is 2.09 bits per heavy atom. The first-order valence-corrected chi connectivity index (χ1v) is 8.58. The minimum Gasteiger partial charge on any atom is -0.349 e. The van der Waals surface area contributed by atoms with Crippen LogP contribution in [0.5, 0.6) is 0 Å². The van der Waals surface area contributed by atoms with Crippen LogP contribution in [0, 0.1) is 5.92 Å². The molecule has 1 heterocycles. The molecule has 124 valence electrons. The fourth-order valence-electron chi connectivity index (χ4n) is 2.55. The molecule has 0 aromatic heterocycles. The number of thioether (sulfide) groups is 1. The minimum absolute atomic E-state index is 0.0330. The Bertz CT molecular complexity index is 616. The number of amides is 2. The van der Waals surface area contributed by atoms with Gasteiger partial charge in [0.25, 0.3) is 0 Å². The Morgan fingerprint density at radius 3 is 2.74 bits per heavy atom. The van der Waals surface area contributed by atoms with Gasteiger partial charge in [0.2, 0.25) is 11.8 Å². The lowest BCUT2D eigenvalue weighted by molar-refractivity contribution is -0.128. The smallest absolute Gasteiger partial charge is 0.227 e. The van der Waals surface area contributed by atoms with Crippen LogP contribution in [-0.2, 0) is 20.8 Å². The highest BCUT2D eigenvalue weighted by molar-refractivity contribution is 8.13. The van der Waals surface area contributed by atoms with Gasteiger partial charge >= 0.3 is 0 Å². The van der Waals surface area contributed by atoms with Gasteiger partial charge in [0, 0.05) is 45.4 Å². The van der Waals surface area contributed by atoms with Gasteiger partial charge in [-0.2, -0.15) is 0 Å². The Balaban J connectivity index is 2.05. The maximum atomic E-state index is 12.2. The van der Waals surface area contributed by atoms with Crippen LogP contribution in [0.15, 0.2) is 24.3 Å². The number of benzene rings is 1. The molecular weight excluding hydrogens is 312 g/mol. The third-order valence-corrected chi connectivity index (χ3v) is 4.85. The van der Waals surface area contributed by atoms with Crippen molar-refractivity contribution in [3.05, 3.63) is 29.8 Å². The van der Waals surface area contributed by atoms with Crippen LogP contribution in [-0.4, -0.2) is 48.2 Å². The van der Waals surface area contributed by atoms with E-state index in [0.717, 1.165) is 11.3 Å². The van der Waals surface area contributed by atoms with E-state index in [-0.39, 0.29) is 22.8 Å². The Hall–Kier alpha value is -1.82. The van der Waals surface area contributed by atoms with E-state index in [0.29, 0.717) is 25.1 Å². The molecule has 1 fully saturated rings. The molecule has 2 rings (SSSR count). The summed E-state index contributed by atoms with van der Waals surface area (Å²) in [6, 6.07) is 7.56. The SMILES string of the molecule is CC(=O)SCC1CC(=O)N(c2cccc(CC(=O)N(C)C)c2)C1. The maximum absolute atomic E-state index is 12.2. The van der Waals surface area contributed by atoms with Crippen molar-refractivity contribution in [3.8, 4) is 0 Å². The predicted molar refractivity (Wildman–Crippen MR) is 92.4 cm³/mol. The molecule has 5 nitrogen and oxygen atoms in total. The van der Waals surface area contributed by atoms with E-state index in [9.17, 15) is 14.4 Å². The van der Waals surface area contributed by atoms with Crippen molar-refractivity contribution in [2.75, 3.05) is 31.3 Å². The zero-order chi connectivity index (χ0) is 17.0. The van der Waals surface area contributed by atoms with E-state index in [1.807, 2.05) is 24.3 Å². The van der Waals surface area contributed by atoms with E-state index < -0.39 is 0 Å². The third kappa shape index (κ3) is 4.82. The number of hydrogen-bond donors (Lipinski definition) is 0. The van der Waals surface area contributed by atoms with E-state index >= 15 is 0 Å². The van der Waals surface area contributed by atoms with Crippen molar-refractivity contribution in [3.63, 3.8) is 0 Å². The van der Waals surface area contributed by atoms with Crippen LogP contribution in [0.1, 0.15) is 18.9 Å². The molecule has 0 aliphatic carbocycles. The molecule has 1 aliphatic heterocycles. The summed E-state index contributed by atoms with van der Waals surface area (Å²) < 4.78 is 0. The molecule has 0 N–H and O–H groups in total. The molecule has 0 spiro atoms. The van der Waals surface area contributed by atoms with E-state index in [2.05, 4.69) is 0 Å². The third-order valence-electron chi connectivity index (χ3n) is 3.80. The summed E-state index contributed by atoms with van der Waals surface area (Å²) in [7, 11) is 3.46. The molecular formula is C17H22N2O3S. The van der Waals surface area contributed by atoms with Gasteiger partial charge in [-0.1, -0.05) is 23.9 Å². The topological polar surface area (TPSA) is 57.7 Å². The fraction of sp³-hybridized carbons (Fsp3) is 0.471. The summed E-state index contributed by atoms with van der Waals surface area (Å²) in [5.74, 6) is 0.987. The van der Waals surface area contributed by atoms with Crippen molar-refractivity contribution in [2.45, 2.75) is 19.8 Å². The number of nitrogens with zero attached hydrogens (tertiary/aromatic N) is 2. The summed E-state index contributed by atoms with van der Waals surface area (Å²) in [5, 5.41) is 0.0834. The first-order chi connectivity index (χ1) is 10.9. The van der Waals surface area contributed by atoms with Gasteiger partial charge in [0.1, 0.15) is 0 Å². The lowest BCUT2D eigenvalue weighted by Crippen LogP contribution is -2.26. The van der Waals surface area contributed by atoms with Crippen LogP contribution >= 0.6 is 11.8 Å². The first kappa shape index (κ1) is 17.5. The largest absolute Gasteiger partial charge is 0.349 e. The molecule has 1 saturated heterocycles. The van der Waals surface area contributed by atoms with Crippen LogP contribution in [0.4, 0.5) is 5.69 Å². The molecule has 0 saturated carbocycles. The summed E-state index contributed by atoms with van der Waals surface area (Å²) in [6.07, 6.45) is 0.799.